The number of amides is 2. The highest BCUT2D eigenvalue weighted by atomic mass is 35.5. The van der Waals surface area contributed by atoms with Crippen molar-refractivity contribution in [1.82, 2.24) is 0 Å². The minimum atomic E-state index is -0.465. The SMILES string of the molecule is COc1cc(/C=C2/SC(=O)N(c3ccc(Cl)cc3)C2=O)ccc1OCc1cccc([N+](=O)[O-])c1. The van der Waals surface area contributed by atoms with E-state index in [0.29, 0.717) is 33.3 Å². The first-order valence-corrected chi connectivity index (χ1v) is 11.1. The average Bonchev–Trinajstić information content (AvgIpc) is 3.11. The summed E-state index contributed by atoms with van der Waals surface area (Å²) in [6.45, 7) is 0.108. The monoisotopic (exact) mass is 496 g/mol. The van der Waals surface area contributed by atoms with Crippen molar-refractivity contribution >= 4 is 52.0 Å². The predicted molar refractivity (Wildman–Crippen MR) is 130 cm³/mol. The maximum Gasteiger partial charge on any atom is 0.298 e. The number of nitro groups is 1. The van der Waals surface area contributed by atoms with E-state index in [1.807, 2.05) is 0 Å². The standard InChI is InChI=1S/C24H17ClN2O6S/c1-32-21-12-15(5-10-20(21)33-14-16-3-2-4-19(11-16)27(30)31)13-22-23(28)26(24(29)34-22)18-8-6-17(25)7-9-18/h2-13H,14H2,1H3/b22-13+. The maximum atomic E-state index is 12.8. The van der Waals surface area contributed by atoms with E-state index in [9.17, 15) is 19.7 Å². The van der Waals surface area contributed by atoms with E-state index < -0.39 is 16.1 Å². The number of carbonyl (C=O) groups excluding carboxylic acids is 2. The summed E-state index contributed by atoms with van der Waals surface area (Å²) in [5, 5.41) is 11.1. The van der Waals surface area contributed by atoms with Gasteiger partial charge in [-0.15, -0.1) is 0 Å². The van der Waals surface area contributed by atoms with Gasteiger partial charge >= 0.3 is 0 Å². The molecule has 1 saturated heterocycles. The molecule has 0 atom stereocenters. The van der Waals surface area contributed by atoms with Gasteiger partial charge in [0.2, 0.25) is 0 Å². The van der Waals surface area contributed by atoms with Gasteiger partial charge in [-0.2, -0.15) is 0 Å². The van der Waals surface area contributed by atoms with Crippen LogP contribution in [0.3, 0.4) is 0 Å². The Hall–Kier alpha value is -3.82. The zero-order valence-corrected chi connectivity index (χ0v) is 19.3. The van der Waals surface area contributed by atoms with Crippen molar-refractivity contribution < 1.29 is 24.0 Å². The average molecular weight is 497 g/mol. The molecule has 0 N–H and O–H groups in total. The van der Waals surface area contributed by atoms with Crippen LogP contribution in [0.15, 0.2) is 71.6 Å². The van der Waals surface area contributed by atoms with Crippen molar-refractivity contribution in [2.45, 2.75) is 6.61 Å². The summed E-state index contributed by atoms with van der Waals surface area (Å²) in [6.07, 6.45) is 1.60. The van der Waals surface area contributed by atoms with Crippen molar-refractivity contribution in [3.05, 3.63) is 97.9 Å². The Morgan fingerprint density at radius 3 is 2.53 bits per heavy atom. The van der Waals surface area contributed by atoms with Gasteiger partial charge in [-0.1, -0.05) is 29.8 Å². The van der Waals surface area contributed by atoms with E-state index >= 15 is 0 Å². The number of nitrogens with zero attached hydrogens (tertiary/aromatic N) is 2. The number of halogens is 1. The van der Waals surface area contributed by atoms with E-state index in [1.54, 1.807) is 60.7 Å². The van der Waals surface area contributed by atoms with Gasteiger partial charge in [0.1, 0.15) is 6.61 Å². The van der Waals surface area contributed by atoms with Crippen LogP contribution < -0.4 is 14.4 Å². The molecule has 8 nitrogen and oxygen atoms in total. The lowest BCUT2D eigenvalue weighted by Crippen LogP contribution is -2.27. The van der Waals surface area contributed by atoms with Gasteiger partial charge in [0.25, 0.3) is 16.8 Å². The Balaban J connectivity index is 1.51. The maximum absolute atomic E-state index is 12.8. The summed E-state index contributed by atoms with van der Waals surface area (Å²) >= 11 is 6.73. The lowest BCUT2D eigenvalue weighted by Gasteiger charge is -2.12. The molecule has 0 saturated carbocycles. The fraction of sp³-hybridized carbons (Fsp3) is 0.0833. The number of non-ortho nitro benzene ring substituents is 1. The van der Waals surface area contributed by atoms with Crippen LogP contribution in [0.25, 0.3) is 6.08 Å². The molecule has 172 valence electrons. The van der Waals surface area contributed by atoms with Crippen molar-refractivity contribution in [3.63, 3.8) is 0 Å². The molecule has 34 heavy (non-hydrogen) atoms. The summed E-state index contributed by atoms with van der Waals surface area (Å²) in [4.78, 5) is 37.1. The first kappa shape index (κ1) is 23.3. The molecule has 1 aliphatic rings. The molecule has 10 heteroatoms. The number of rotatable bonds is 7. The number of hydrogen-bond acceptors (Lipinski definition) is 7. The summed E-state index contributed by atoms with van der Waals surface area (Å²) in [7, 11) is 1.48. The summed E-state index contributed by atoms with van der Waals surface area (Å²) in [5.74, 6) is 0.416. The van der Waals surface area contributed by atoms with Gasteiger partial charge in [-0.3, -0.25) is 19.7 Å². The zero-order chi connectivity index (χ0) is 24.2. The quantitative estimate of drug-likeness (QED) is 0.222. The number of methoxy groups -OCH3 is 1. The highest BCUT2D eigenvalue weighted by Crippen LogP contribution is 2.37. The van der Waals surface area contributed by atoms with Gasteiger partial charge in [0.05, 0.1) is 22.6 Å². The van der Waals surface area contributed by atoms with Crippen LogP contribution in [0, 0.1) is 10.1 Å². The van der Waals surface area contributed by atoms with Crippen molar-refractivity contribution in [3.8, 4) is 11.5 Å². The summed E-state index contributed by atoms with van der Waals surface area (Å²) < 4.78 is 11.2. The fourth-order valence-electron chi connectivity index (χ4n) is 3.25. The topological polar surface area (TPSA) is 99.0 Å². The molecule has 0 aliphatic carbocycles. The molecule has 0 spiro atoms. The number of anilines is 1. The molecule has 1 fully saturated rings. The Morgan fingerprint density at radius 1 is 1.06 bits per heavy atom. The number of benzene rings is 3. The van der Waals surface area contributed by atoms with Gasteiger partial charge < -0.3 is 9.47 Å². The first-order valence-electron chi connectivity index (χ1n) is 9.93. The minimum absolute atomic E-state index is 0.0176. The first-order chi connectivity index (χ1) is 16.4. The molecule has 1 heterocycles. The third kappa shape index (κ3) is 5.05. The molecular weight excluding hydrogens is 480 g/mol. The number of nitro benzene ring substituents is 1. The molecule has 0 aromatic heterocycles. The van der Waals surface area contributed by atoms with Crippen LogP contribution >= 0.6 is 23.4 Å². The Morgan fingerprint density at radius 2 is 1.82 bits per heavy atom. The molecule has 1 aliphatic heterocycles. The molecule has 3 aromatic carbocycles. The lowest BCUT2D eigenvalue weighted by atomic mass is 10.1. The molecule has 0 radical (unpaired) electrons. The third-order valence-electron chi connectivity index (χ3n) is 4.88. The van der Waals surface area contributed by atoms with Crippen LogP contribution in [0.4, 0.5) is 16.2 Å². The third-order valence-corrected chi connectivity index (χ3v) is 6.00. The normalized spacial score (nSPS) is 14.5. The molecule has 0 bridgehead atoms. The molecule has 0 unspecified atom stereocenters. The number of thioether (sulfide) groups is 1. The van der Waals surface area contributed by atoms with Gasteiger partial charge in [-0.05, 0) is 65.4 Å². The van der Waals surface area contributed by atoms with E-state index in [-0.39, 0.29) is 17.2 Å². The molecule has 2 amide bonds. The van der Waals surface area contributed by atoms with E-state index in [0.717, 1.165) is 16.7 Å². The summed E-state index contributed by atoms with van der Waals surface area (Å²) in [6, 6.07) is 17.7. The van der Waals surface area contributed by atoms with Gasteiger partial charge in [-0.25, -0.2) is 4.90 Å². The van der Waals surface area contributed by atoms with Crippen molar-refractivity contribution in [2.75, 3.05) is 12.0 Å². The second-order valence-electron chi connectivity index (χ2n) is 7.12. The van der Waals surface area contributed by atoms with Gasteiger partial charge in [0.15, 0.2) is 11.5 Å². The Kier molecular flexibility index (Phi) is 6.85. The minimum Gasteiger partial charge on any atom is -0.493 e. The van der Waals surface area contributed by atoms with Crippen LogP contribution in [0.2, 0.25) is 5.02 Å². The van der Waals surface area contributed by atoms with Crippen LogP contribution in [0.5, 0.6) is 11.5 Å². The lowest BCUT2D eigenvalue weighted by molar-refractivity contribution is -0.384. The number of hydrogen-bond donors (Lipinski definition) is 0. The van der Waals surface area contributed by atoms with Crippen LogP contribution in [-0.4, -0.2) is 23.2 Å². The molecule has 3 aromatic rings. The second kappa shape index (κ2) is 9.98. The molecule has 4 rings (SSSR count). The predicted octanol–water partition coefficient (Wildman–Crippen LogP) is 6.08. The fourth-order valence-corrected chi connectivity index (χ4v) is 4.21. The highest BCUT2D eigenvalue weighted by molar-refractivity contribution is 8.19. The van der Waals surface area contributed by atoms with Gasteiger partial charge in [0, 0.05) is 17.2 Å². The van der Waals surface area contributed by atoms with Crippen LogP contribution in [-0.2, 0) is 11.4 Å². The van der Waals surface area contributed by atoms with Crippen molar-refractivity contribution in [1.29, 1.82) is 0 Å². The van der Waals surface area contributed by atoms with Crippen LogP contribution in [0.1, 0.15) is 11.1 Å². The van der Waals surface area contributed by atoms with E-state index in [4.69, 9.17) is 21.1 Å². The second-order valence-corrected chi connectivity index (χ2v) is 8.55. The smallest absolute Gasteiger partial charge is 0.298 e. The highest BCUT2D eigenvalue weighted by Gasteiger charge is 2.36. The van der Waals surface area contributed by atoms with Crippen molar-refractivity contribution in [2.24, 2.45) is 0 Å². The number of carbonyl (C=O) groups is 2. The Labute approximate surface area is 203 Å². The zero-order valence-electron chi connectivity index (χ0n) is 17.8. The number of imide groups is 1. The van der Waals surface area contributed by atoms with E-state index in [2.05, 4.69) is 0 Å². The molecular formula is C24H17ClN2O6S. The largest absolute Gasteiger partial charge is 0.493 e. The number of ether oxygens (including phenoxy) is 2. The summed E-state index contributed by atoms with van der Waals surface area (Å²) in [5.41, 5.74) is 1.70. The van der Waals surface area contributed by atoms with E-state index in [1.165, 1.54) is 19.2 Å². The Bertz CT molecular complexity index is 1310.